The van der Waals surface area contributed by atoms with Gasteiger partial charge in [-0.15, -0.1) is 0 Å². The average molecular weight is 511 g/mol. The molecule has 0 saturated carbocycles. The van der Waals surface area contributed by atoms with Crippen LogP contribution < -0.4 is 0 Å². The van der Waals surface area contributed by atoms with E-state index in [1.165, 1.54) is 0 Å². The fraction of sp³-hybridized carbons (Fsp3) is 0.562. The zero-order valence-electron chi connectivity index (χ0n) is 23.9. The Morgan fingerprint density at radius 1 is 0.811 bits per heavy atom. The summed E-state index contributed by atoms with van der Waals surface area (Å²) in [5, 5.41) is 23.9. The standard InChI is InChI=1S/C32H46O5/c1-9-11-12-23(10-2)21-37-28(34)31(35,22-33)32(36,26-17-13-24(14-18-26)29(3,4)5)27-19-15-25(16-20-27)30(6,7)8/h13-20,22-23,35-36H,9-12,21H2,1-8H3. The van der Waals surface area contributed by atoms with Crippen LogP contribution in [0.1, 0.15) is 103 Å². The van der Waals surface area contributed by atoms with Crippen molar-refractivity contribution < 1.29 is 24.5 Å². The Bertz CT molecular complexity index is 967. The van der Waals surface area contributed by atoms with Crippen LogP contribution in [0.4, 0.5) is 0 Å². The minimum absolute atomic E-state index is 0.0769. The van der Waals surface area contributed by atoms with Crippen molar-refractivity contribution in [3.05, 3.63) is 70.8 Å². The molecule has 37 heavy (non-hydrogen) atoms. The molecular weight excluding hydrogens is 464 g/mol. The summed E-state index contributed by atoms with van der Waals surface area (Å²) < 4.78 is 5.51. The summed E-state index contributed by atoms with van der Waals surface area (Å²) in [4.78, 5) is 25.9. The first kappa shape index (κ1) is 30.7. The van der Waals surface area contributed by atoms with E-state index in [9.17, 15) is 19.8 Å². The van der Waals surface area contributed by atoms with Crippen molar-refractivity contribution in [2.24, 2.45) is 5.92 Å². The zero-order chi connectivity index (χ0) is 28.1. The first-order valence-corrected chi connectivity index (χ1v) is 13.5. The molecule has 0 aromatic heterocycles. The van der Waals surface area contributed by atoms with E-state index < -0.39 is 17.2 Å². The number of hydrogen-bond acceptors (Lipinski definition) is 5. The highest BCUT2D eigenvalue weighted by molar-refractivity contribution is 5.99. The Hall–Kier alpha value is -2.50. The third kappa shape index (κ3) is 6.69. The number of rotatable bonds is 11. The maximum absolute atomic E-state index is 13.4. The normalized spacial score (nSPS) is 15.1. The van der Waals surface area contributed by atoms with Gasteiger partial charge in [-0.05, 0) is 45.4 Å². The monoisotopic (exact) mass is 510 g/mol. The van der Waals surface area contributed by atoms with Gasteiger partial charge in [0.05, 0.1) is 6.61 Å². The first-order chi connectivity index (χ1) is 17.1. The van der Waals surface area contributed by atoms with Gasteiger partial charge in [-0.1, -0.05) is 123 Å². The van der Waals surface area contributed by atoms with Crippen molar-refractivity contribution in [3.8, 4) is 0 Å². The third-order valence-electron chi connectivity index (χ3n) is 7.36. The lowest BCUT2D eigenvalue weighted by atomic mass is 9.72. The Labute approximate surface area is 223 Å². The van der Waals surface area contributed by atoms with Gasteiger partial charge in [0.1, 0.15) is 0 Å². The Morgan fingerprint density at radius 3 is 1.54 bits per heavy atom. The van der Waals surface area contributed by atoms with Crippen LogP contribution in [0.3, 0.4) is 0 Å². The molecule has 2 N–H and O–H groups in total. The summed E-state index contributed by atoms with van der Waals surface area (Å²) >= 11 is 0. The lowest BCUT2D eigenvalue weighted by Gasteiger charge is -2.39. The first-order valence-electron chi connectivity index (χ1n) is 13.5. The molecule has 5 nitrogen and oxygen atoms in total. The molecule has 0 saturated heterocycles. The summed E-state index contributed by atoms with van der Waals surface area (Å²) in [5.74, 6) is -1.04. The largest absolute Gasteiger partial charge is 0.463 e. The molecule has 0 radical (unpaired) electrons. The lowest BCUT2D eigenvalue weighted by Crippen LogP contribution is -2.60. The fourth-order valence-corrected chi connectivity index (χ4v) is 4.51. The molecule has 0 amide bonds. The highest BCUT2D eigenvalue weighted by Gasteiger charge is 2.59. The van der Waals surface area contributed by atoms with Crippen LogP contribution in [0.2, 0.25) is 0 Å². The predicted octanol–water partition coefficient (Wildman–Crippen LogP) is 6.21. The number of esters is 1. The number of benzene rings is 2. The van der Waals surface area contributed by atoms with E-state index >= 15 is 0 Å². The number of carbonyl (C=O) groups is 2. The maximum atomic E-state index is 13.4. The van der Waals surface area contributed by atoms with Gasteiger partial charge in [-0.3, -0.25) is 4.79 Å². The molecule has 0 fully saturated rings. The van der Waals surface area contributed by atoms with Gasteiger partial charge in [-0.2, -0.15) is 0 Å². The maximum Gasteiger partial charge on any atom is 0.349 e. The van der Waals surface area contributed by atoms with Gasteiger partial charge in [0.15, 0.2) is 11.9 Å². The molecule has 5 heteroatoms. The number of ether oxygens (including phenoxy) is 1. The predicted molar refractivity (Wildman–Crippen MR) is 149 cm³/mol. The van der Waals surface area contributed by atoms with Crippen molar-refractivity contribution in [3.63, 3.8) is 0 Å². The van der Waals surface area contributed by atoms with Crippen molar-refractivity contribution in [1.82, 2.24) is 0 Å². The molecule has 0 spiro atoms. The molecule has 0 heterocycles. The zero-order valence-corrected chi connectivity index (χ0v) is 23.9. The molecule has 0 aliphatic heterocycles. The molecule has 0 aliphatic carbocycles. The van der Waals surface area contributed by atoms with Crippen LogP contribution in [0.5, 0.6) is 0 Å². The van der Waals surface area contributed by atoms with E-state index in [0.29, 0.717) is 0 Å². The van der Waals surface area contributed by atoms with Crippen LogP contribution >= 0.6 is 0 Å². The van der Waals surface area contributed by atoms with Gasteiger partial charge < -0.3 is 14.9 Å². The third-order valence-corrected chi connectivity index (χ3v) is 7.36. The van der Waals surface area contributed by atoms with Crippen LogP contribution in [0, 0.1) is 5.92 Å². The Morgan fingerprint density at radius 2 is 1.22 bits per heavy atom. The van der Waals surface area contributed by atoms with Crippen LogP contribution in [0.25, 0.3) is 0 Å². The van der Waals surface area contributed by atoms with Crippen LogP contribution in [0.15, 0.2) is 48.5 Å². The van der Waals surface area contributed by atoms with Crippen molar-refractivity contribution in [2.45, 2.75) is 103 Å². The van der Waals surface area contributed by atoms with Crippen molar-refractivity contribution in [1.29, 1.82) is 0 Å². The lowest BCUT2D eigenvalue weighted by molar-refractivity contribution is -0.191. The number of hydrogen-bond donors (Lipinski definition) is 2. The van der Waals surface area contributed by atoms with Crippen molar-refractivity contribution >= 4 is 12.3 Å². The summed E-state index contributed by atoms with van der Waals surface area (Å²) in [6.07, 6.45) is 3.82. The second-order valence-electron chi connectivity index (χ2n) is 12.3. The van der Waals surface area contributed by atoms with Crippen molar-refractivity contribution in [2.75, 3.05) is 6.61 Å². The van der Waals surface area contributed by atoms with E-state index in [1.54, 1.807) is 24.3 Å². The molecule has 2 atom stereocenters. The molecular formula is C32H46O5. The van der Waals surface area contributed by atoms with Gasteiger partial charge in [0.2, 0.25) is 0 Å². The summed E-state index contributed by atoms with van der Waals surface area (Å²) in [6, 6.07) is 14.0. The smallest absolute Gasteiger partial charge is 0.349 e. The van der Waals surface area contributed by atoms with Gasteiger partial charge >= 0.3 is 5.97 Å². The number of carbonyl (C=O) groups excluding carboxylic acids is 2. The molecule has 2 aromatic carbocycles. The molecule has 0 bridgehead atoms. The number of unbranched alkanes of at least 4 members (excludes halogenated alkanes) is 1. The molecule has 204 valence electrons. The topological polar surface area (TPSA) is 83.8 Å². The average Bonchev–Trinajstić information content (AvgIpc) is 2.86. The SMILES string of the molecule is CCCCC(CC)COC(=O)C(O)(C=O)C(O)(c1ccc(C(C)(C)C)cc1)c1ccc(C(C)(C)C)cc1. The second kappa shape index (κ2) is 11.9. The second-order valence-corrected chi connectivity index (χ2v) is 12.3. The van der Waals surface area contributed by atoms with Gasteiger partial charge in [0, 0.05) is 0 Å². The Balaban J connectivity index is 2.61. The minimum atomic E-state index is -2.84. The summed E-state index contributed by atoms with van der Waals surface area (Å²) in [5.41, 5.74) is -2.99. The van der Waals surface area contributed by atoms with E-state index in [4.69, 9.17) is 4.74 Å². The highest BCUT2D eigenvalue weighted by atomic mass is 16.6. The minimum Gasteiger partial charge on any atom is -0.463 e. The molecule has 2 rings (SSSR count). The van der Waals surface area contributed by atoms with E-state index in [-0.39, 0.29) is 40.8 Å². The van der Waals surface area contributed by atoms with E-state index in [0.717, 1.165) is 36.8 Å². The molecule has 2 aromatic rings. The van der Waals surface area contributed by atoms with Crippen LogP contribution in [-0.2, 0) is 30.8 Å². The summed E-state index contributed by atoms with van der Waals surface area (Å²) in [7, 11) is 0. The van der Waals surface area contributed by atoms with E-state index in [2.05, 4.69) is 48.5 Å². The Kier molecular flexibility index (Phi) is 9.89. The molecule has 0 aliphatic rings. The summed E-state index contributed by atoms with van der Waals surface area (Å²) in [6.45, 7) is 16.6. The quantitative estimate of drug-likeness (QED) is 0.213. The fourth-order valence-electron chi connectivity index (χ4n) is 4.51. The van der Waals surface area contributed by atoms with Gasteiger partial charge in [-0.25, -0.2) is 4.79 Å². The molecule has 2 unspecified atom stereocenters. The van der Waals surface area contributed by atoms with E-state index in [1.807, 2.05) is 31.2 Å². The highest BCUT2D eigenvalue weighted by Crippen LogP contribution is 2.41. The van der Waals surface area contributed by atoms with Gasteiger partial charge in [0.25, 0.3) is 5.60 Å². The number of aliphatic hydroxyl groups is 2. The number of aldehydes is 1. The van der Waals surface area contributed by atoms with Crippen LogP contribution in [-0.4, -0.2) is 34.7 Å².